The number of hydrogen-bond donors (Lipinski definition) is 0. The second kappa shape index (κ2) is 4.60. The van der Waals surface area contributed by atoms with Crippen molar-refractivity contribution in [2.24, 2.45) is 12.5 Å². The second-order valence-electron chi connectivity index (χ2n) is 6.15. The number of para-hydroxylation sites is 1. The van der Waals surface area contributed by atoms with Gasteiger partial charge >= 0.3 is 0 Å². The highest BCUT2D eigenvalue weighted by Gasteiger charge is 2.17. The highest BCUT2D eigenvalue weighted by Crippen LogP contribution is 2.25. The maximum Gasteiger partial charge on any atom is 0.165 e. The molecular weight excluding hydrogens is 222 g/mol. The summed E-state index contributed by atoms with van der Waals surface area (Å²) in [5, 5.41) is 1.07. The van der Waals surface area contributed by atoms with Crippen molar-refractivity contribution in [3.8, 4) is 0 Å². The highest BCUT2D eigenvalue weighted by molar-refractivity contribution is 6.08. The first-order chi connectivity index (χ1) is 8.38. The maximum atomic E-state index is 12.3. The average molecular weight is 243 g/mol. The van der Waals surface area contributed by atoms with E-state index in [2.05, 4.69) is 26.8 Å². The van der Waals surface area contributed by atoms with Crippen LogP contribution in [0.1, 0.15) is 44.0 Å². The molecular formula is C16H21NO. The molecule has 0 bridgehead atoms. The van der Waals surface area contributed by atoms with E-state index in [0.717, 1.165) is 22.9 Å². The summed E-state index contributed by atoms with van der Waals surface area (Å²) in [5.74, 6) is 0.252. The van der Waals surface area contributed by atoms with Crippen LogP contribution in [-0.2, 0) is 7.05 Å². The summed E-state index contributed by atoms with van der Waals surface area (Å²) in [7, 11) is 1.99. The zero-order valence-electron chi connectivity index (χ0n) is 11.7. The Kier molecular flexibility index (Phi) is 3.29. The van der Waals surface area contributed by atoms with Crippen LogP contribution in [0.15, 0.2) is 30.5 Å². The molecule has 96 valence electrons. The first-order valence-corrected chi connectivity index (χ1v) is 6.46. The van der Waals surface area contributed by atoms with Gasteiger partial charge < -0.3 is 4.57 Å². The zero-order chi connectivity index (χ0) is 13.3. The molecule has 2 rings (SSSR count). The Balaban J connectivity index is 2.28. The third-order valence-corrected chi connectivity index (χ3v) is 3.30. The van der Waals surface area contributed by atoms with Crippen LogP contribution >= 0.6 is 0 Å². The highest BCUT2D eigenvalue weighted by atomic mass is 16.1. The minimum absolute atomic E-state index is 0.209. The fourth-order valence-corrected chi connectivity index (χ4v) is 2.19. The average Bonchev–Trinajstić information content (AvgIpc) is 2.64. The van der Waals surface area contributed by atoms with E-state index in [0.29, 0.717) is 6.42 Å². The van der Waals surface area contributed by atoms with Gasteiger partial charge in [0.25, 0.3) is 0 Å². The van der Waals surface area contributed by atoms with Crippen molar-refractivity contribution in [3.63, 3.8) is 0 Å². The molecule has 0 radical (unpaired) electrons. The Morgan fingerprint density at radius 2 is 1.89 bits per heavy atom. The number of benzene rings is 1. The molecule has 0 fully saturated rings. The van der Waals surface area contributed by atoms with Crippen LogP contribution in [0.5, 0.6) is 0 Å². The summed E-state index contributed by atoms with van der Waals surface area (Å²) >= 11 is 0. The number of carbonyl (C=O) groups is 1. The number of Topliss-reactive ketones (excluding diaryl/α,β-unsaturated/α-hetero) is 1. The molecule has 0 aliphatic heterocycles. The Morgan fingerprint density at radius 3 is 2.56 bits per heavy atom. The first-order valence-electron chi connectivity index (χ1n) is 6.46. The number of fused-ring (bicyclic) bond motifs is 1. The molecule has 0 atom stereocenters. The molecule has 0 amide bonds. The van der Waals surface area contributed by atoms with E-state index in [1.54, 1.807) is 0 Å². The lowest BCUT2D eigenvalue weighted by Gasteiger charge is -2.16. The molecule has 0 saturated heterocycles. The van der Waals surface area contributed by atoms with E-state index in [1.807, 2.05) is 36.0 Å². The van der Waals surface area contributed by atoms with Gasteiger partial charge in [-0.2, -0.15) is 0 Å². The van der Waals surface area contributed by atoms with E-state index in [-0.39, 0.29) is 11.2 Å². The summed E-state index contributed by atoms with van der Waals surface area (Å²) in [6.45, 7) is 6.51. The normalized spacial score (nSPS) is 12.0. The van der Waals surface area contributed by atoms with E-state index < -0.39 is 0 Å². The molecule has 18 heavy (non-hydrogen) atoms. The van der Waals surface area contributed by atoms with E-state index in [9.17, 15) is 4.79 Å². The Hall–Kier alpha value is -1.57. The van der Waals surface area contributed by atoms with Crippen LogP contribution in [-0.4, -0.2) is 10.4 Å². The lowest BCUT2D eigenvalue weighted by Crippen LogP contribution is -2.08. The lowest BCUT2D eigenvalue weighted by atomic mass is 9.88. The van der Waals surface area contributed by atoms with Gasteiger partial charge in [-0.3, -0.25) is 4.79 Å². The fraction of sp³-hybridized carbons (Fsp3) is 0.438. The van der Waals surface area contributed by atoms with Crippen LogP contribution in [0.3, 0.4) is 0 Å². The van der Waals surface area contributed by atoms with Crippen LogP contribution in [0.2, 0.25) is 0 Å². The smallest absolute Gasteiger partial charge is 0.165 e. The van der Waals surface area contributed by atoms with Crippen LogP contribution in [0, 0.1) is 5.41 Å². The number of aryl methyl sites for hydroxylation is 1. The van der Waals surface area contributed by atoms with Crippen molar-refractivity contribution < 1.29 is 4.79 Å². The van der Waals surface area contributed by atoms with E-state index in [4.69, 9.17) is 0 Å². The lowest BCUT2D eigenvalue weighted by molar-refractivity contribution is 0.0967. The Morgan fingerprint density at radius 1 is 1.22 bits per heavy atom. The molecule has 2 aromatic rings. The summed E-state index contributed by atoms with van der Waals surface area (Å²) in [4.78, 5) is 12.3. The number of aromatic nitrogens is 1. The first kappa shape index (κ1) is 12.9. The number of rotatable bonds is 3. The number of nitrogens with zero attached hydrogens (tertiary/aromatic N) is 1. The predicted octanol–water partition coefficient (Wildman–Crippen LogP) is 4.19. The maximum absolute atomic E-state index is 12.3. The molecule has 0 saturated carbocycles. The molecule has 2 heteroatoms. The zero-order valence-corrected chi connectivity index (χ0v) is 11.7. The van der Waals surface area contributed by atoms with Gasteiger partial charge in [0, 0.05) is 36.1 Å². The summed E-state index contributed by atoms with van der Waals surface area (Å²) in [6, 6.07) is 8.07. The monoisotopic (exact) mass is 243 g/mol. The van der Waals surface area contributed by atoms with Crippen molar-refractivity contribution in [2.75, 3.05) is 0 Å². The molecule has 0 aliphatic rings. The molecule has 0 aliphatic carbocycles. The minimum Gasteiger partial charge on any atom is -0.350 e. The third-order valence-electron chi connectivity index (χ3n) is 3.30. The Bertz CT molecular complexity index is 572. The fourth-order valence-electron chi connectivity index (χ4n) is 2.19. The molecule has 2 nitrogen and oxygen atoms in total. The molecule has 0 N–H and O–H groups in total. The van der Waals surface area contributed by atoms with Gasteiger partial charge in [-0.25, -0.2) is 0 Å². The molecule has 0 unspecified atom stereocenters. The van der Waals surface area contributed by atoms with Crippen molar-refractivity contribution in [2.45, 2.75) is 33.6 Å². The van der Waals surface area contributed by atoms with Crippen LogP contribution in [0.25, 0.3) is 10.9 Å². The second-order valence-corrected chi connectivity index (χ2v) is 6.15. The summed E-state index contributed by atoms with van der Waals surface area (Å²) < 4.78 is 2.03. The van der Waals surface area contributed by atoms with Gasteiger partial charge in [-0.15, -0.1) is 0 Å². The summed E-state index contributed by atoms with van der Waals surface area (Å²) in [6.07, 6.45) is 3.50. The number of hydrogen-bond acceptors (Lipinski definition) is 1. The molecule has 1 aromatic heterocycles. The van der Waals surface area contributed by atoms with Gasteiger partial charge in [-0.05, 0) is 17.9 Å². The van der Waals surface area contributed by atoms with Gasteiger partial charge in [-0.1, -0.05) is 39.0 Å². The van der Waals surface area contributed by atoms with Gasteiger partial charge in [0.1, 0.15) is 0 Å². The summed E-state index contributed by atoms with van der Waals surface area (Å²) in [5.41, 5.74) is 2.19. The Labute approximate surface area is 109 Å². The number of ketones is 1. The standard InChI is InChI=1S/C16H21NO/c1-16(2,3)10-9-15(18)13-11-17(4)14-8-6-5-7-12(13)14/h5-8,11H,9-10H2,1-4H3. The topological polar surface area (TPSA) is 22.0 Å². The van der Waals surface area contributed by atoms with Gasteiger partial charge in [0.15, 0.2) is 5.78 Å². The van der Waals surface area contributed by atoms with E-state index >= 15 is 0 Å². The van der Waals surface area contributed by atoms with Crippen molar-refractivity contribution in [3.05, 3.63) is 36.0 Å². The SMILES string of the molecule is Cn1cc(C(=O)CCC(C)(C)C)c2ccccc21. The van der Waals surface area contributed by atoms with Gasteiger partial charge in [0.2, 0.25) is 0 Å². The largest absolute Gasteiger partial charge is 0.350 e. The van der Waals surface area contributed by atoms with Crippen molar-refractivity contribution >= 4 is 16.7 Å². The van der Waals surface area contributed by atoms with Gasteiger partial charge in [0.05, 0.1) is 0 Å². The van der Waals surface area contributed by atoms with E-state index in [1.165, 1.54) is 0 Å². The van der Waals surface area contributed by atoms with Crippen molar-refractivity contribution in [1.82, 2.24) is 4.57 Å². The third kappa shape index (κ3) is 2.63. The molecule has 1 heterocycles. The minimum atomic E-state index is 0.209. The van der Waals surface area contributed by atoms with Crippen molar-refractivity contribution in [1.29, 1.82) is 0 Å². The van der Waals surface area contributed by atoms with Crippen LogP contribution in [0.4, 0.5) is 0 Å². The van der Waals surface area contributed by atoms with Crippen LogP contribution < -0.4 is 0 Å². The molecule has 1 aromatic carbocycles. The predicted molar refractivity (Wildman–Crippen MR) is 75.9 cm³/mol. The quantitative estimate of drug-likeness (QED) is 0.741. The molecule has 0 spiro atoms. The number of carbonyl (C=O) groups excluding carboxylic acids is 1.